The van der Waals surface area contributed by atoms with Crippen LogP contribution in [0.5, 0.6) is 0 Å². The molecule has 0 saturated heterocycles. The zero-order chi connectivity index (χ0) is 21.2. The van der Waals surface area contributed by atoms with Crippen LogP contribution in [-0.2, 0) is 13.4 Å². The number of carbonyl (C=O) groups is 1. The van der Waals surface area contributed by atoms with Crippen molar-refractivity contribution in [3.05, 3.63) is 103 Å². The fourth-order valence-corrected chi connectivity index (χ4v) is 8.43. The van der Waals surface area contributed by atoms with E-state index in [-0.39, 0.29) is 12.6 Å². The molecular weight excluding hydrogens is 459 g/mol. The summed E-state index contributed by atoms with van der Waals surface area (Å²) in [6, 6.07) is 31.9. The van der Waals surface area contributed by atoms with Gasteiger partial charge in [0.05, 0.1) is 0 Å². The van der Waals surface area contributed by atoms with Crippen LogP contribution in [0.2, 0.25) is 0 Å². The first-order chi connectivity index (χ1) is 14.7. The van der Waals surface area contributed by atoms with E-state index in [1.165, 1.54) is 15.9 Å². The maximum atomic E-state index is 12.4. The van der Waals surface area contributed by atoms with Crippen molar-refractivity contribution in [1.29, 1.82) is 0 Å². The summed E-state index contributed by atoms with van der Waals surface area (Å²) in [5, 5.41) is 3.94. The van der Waals surface area contributed by atoms with Crippen LogP contribution in [-0.4, -0.2) is 25.3 Å². The van der Waals surface area contributed by atoms with E-state index in [0.29, 0.717) is 12.2 Å². The molecule has 30 heavy (non-hydrogen) atoms. The van der Waals surface area contributed by atoms with E-state index in [9.17, 15) is 4.79 Å². The van der Waals surface area contributed by atoms with E-state index in [0.717, 1.165) is 6.16 Å². The Hall–Kier alpha value is -2.26. The number of allylic oxidation sites excluding steroid dienone is 1. The Kier molecular flexibility index (Phi) is 8.39. The van der Waals surface area contributed by atoms with Gasteiger partial charge in [-0.05, 0) is 0 Å². The summed E-state index contributed by atoms with van der Waals surface area (Å²) in [6.07, 6.45) is 2.80. The minimum atomic E-state index is -2.39. The van der Waals surface area contributed by atoms with E-state index < -0.39 is 7.26 Å². The predicted octanol–water partition coefficient (Wildman–Crippen LogP) is 4.53. The summed E-state index contributed by atoms with van der Waals surface area (Å²) in [6.45, 7) is 2.35. The fraction of sp³-hybridized carbons (Fsp3) is 0.160. The molecule has 0 atom stereocenters. The van der Waals surface area contributed by atoms with Crippen molar-refractivity contribution >= 4 is 45.4 Å². The molecule has 3 rings (SSSR count). The number of rotatable bonds is 9. The van der Waals surface area contributed by atoms with Gasteiger partial charge >= 0.3 is 188 Å². The van der Waals surface area contributed by atoms with Crippen LogP contribution in [0.3, 0.4) is 0 Å². The van der Waals surface area contributed by atoms with Crippen molar-refractivity contribution in [1.82, 2.24) is 0 Å². The number of hydrogen-bond acceptors (Lipinski definition) is 3. The molecule has 0 bridgehead atoms. The zero-order valence-electron chi connectivity index (χ0n) is 17.0. The molecule has 3 aromatic rings. The van der Waals surface area contributed by atoms with Crippen molar-refractivity contribution in [2.24, 2.45) is 0 Å². The van der Waals surface area contributed by atoms with Crippen LogP contribution in [0.15, 0.2) is 103 Å². The molecule has 0 saturated carbocycles. The molecule has 156 valence electrons. The molecule has 0 fully saturated rings. The molecule has 0 radical (unpaired) electrons. The normalized spacial score (nSPS) is 12.4. The summed E-state index contributed by atoms with van der Waals surface area (Å²) in [5.74, 6) is -0.309. The predicted molar refractivity (Wildman–Crippen MR) is 131 cm³/mol. The van der Waals surface area contributed by atoms with Crippen LogP contribution >= 0.6 is 23.5 Å². The van der Waals surface area contributed by atoms with Gasteiger partial charge in [-0.2, -0.15) is 0 Å². The van der Waals surface area contributed by atoms with Gasteiger partial charge in [0.1, 0.15) is 0 Å². The number of ether oxygens (including phenoxy) is 1. The molecule has 0 aliphatic heterocycles. The molecular formula is C25H26BrO3P. The van der Waals surface area contributed by atoms with Crippen LogP contribution in [0.1, 0.15) is 6.92 Å². The number of hydrogen-bond donors (Lipinski definition) is 0. The Balaban J connectivity index is 2.08. The van der Waals surface area contributed by atoms with E-state index in [1.54, 1.807) is 0 Å². The van der Waals surface area contributed by atoms with Gasteiger partial charge in [-0.1, -0.05) is 0 Å². The number of carbonyl (C=O) groups excluding carboxylic acids is 1. The standard InChI is InChI=1S/C25H26BrO3P/c1-21(25(27)28-18-19-29-26)17-20-30(22-11-5-2-6-12-22,23-13-7-3-8-14-23)24-15-9-4-10-16-24/h2-17,30H,18-20H2,1H3. The molecule has 0 aromatic heterocycles. The monoisotopic (exact) mass is 484 g/mol. The van der Waals surface area contributed by atoms with Gasteiger partial charge in [-0.15, -0.1) is 0 Å². The Morgan fingerprint density at radius 2 is 1.23 bits per heavy atom. The molecule has 0 spiro atoms. The third kappa shape index (κ3) is 5.26. The summed E-state index contributed by atoms with van der Waals surface area (Å²) >= 11 is 2.87. The molecule has 0 aliphatic rings. The Morgan fingerprint density at radius 1 is 0.800 bits per heavy atom. The summed E-state index contributed by atoms with van der Waals surface area (Å²) in [5.41, 5.74) is 0.615. The fourth-order valence-electron chi connectivity index (χ4n) is 3.69. The third-order valence-electron chi connectivity index (χ3n) is 5.23. The first-order valence-corrected chi connectivity index (χ1v) is 12.8. The molecule has 0 N–H and O–H groups in total. The third-order valence-corrected chi connectivity index (χ3v) is 10.3. The summed E-state index contributed by atoms with van der Waals surface area (Å²) < 4.78 is 10.1. The molecule has 5 heteroatoms. The van der Waals surface area contributed by atoms with Crippen molar-refractivity contribution in [2.45, 2.75) is 6.92 Å². The van der Waals surface area contributed by atoms with Gasteiger partial charge in [0.25, 0.3) is 0 Å². The quantitative estimate of drug-likeness (QED) is 0.194. The molecule has 3 nitrogen and oxygen atoms in total. The SMILES string of the molecule is CC(=CC[PH](c1ccccc1)(c1ccccc1)c1ccccc1)C(=O)OCCOBr. The topological polar surface area (TPSA) is 35.5 Å². The first kappa shape index (κ1) is 22.4. The Morgan fingerprint density at radius 3 is 1.63 bits per heavy atom. The Labute approximate surface area is 187 Å². The van der Waals surface area contributed by atoms with E-state index in [2.05, 4.69) is 89.1 Å². The van der Waals surface area contributed by atoms with Gasteiger partial charge in [0.2, 0.25) is 0 Å². The minimum absolute atomic E-state index is 0.216. The van der Waals surface area contributed by atoms with E-state index in [1.807, 2.05) is 31.2 Å². The molecule has 0 amide bonds. The van der Waals surface area contributed by atoms with E-state index >= 15 is 0 Å². The van der Waals surface area contributed by atoms with Crippen LogP contribution in [0, 0.1) is 0 Å². The average molecular weight is 485 g/mol. The molecule has 3 aromatic carbocycles. The van der Waals surface area contributed by atoms with Crippen molar-refractivity contribution in [2.75, 3.05) is 19.4 Å². The molecule has 0 unspecified atom stereocenters. The first-order valence-electron chi connectivity index (χ1n) is 9.92. The summed E-state index contributed by atoms with van der Waals surface area (Å²) in [7, 11) is -2.39. The van der Waals surface area contributed by atoms with Gasteiger partial charge in [0, 0.05) is 0 Å². The van der Waals surface area contributed by atoms with Crippen molar-refractivity contribution < 1.29 is 13.4 Å². The Bertz CT molecular complexity index is 863. The van der Waals surface area contributed by atoms with Gasteiger partial charge in [-0.25, -0.2) is 0 Å². The van der Waals surface area contributed by atoms with E-state index in [4.69, 9.17) is 8.57 Å². The van der Waals surface area contributed by atoms with Crippen LogP contribution in [0.4, 0.5) is 0 Å². The average Bonchev–Trinajstić information content (AvgIpc) is 2.81. The van der Waals surface area contributed by atoms with Crippen molar-refractivity contribution in [3.8, 4) is 0 Å². The number of benzene rings is 3. The second-order valence-corrected chi connectivity index (χ2v) is 11.5. The number of halogens is 1. The maximum absolute atomic E-state index is 12.4. The molecule has 0 heterocycles. The van der Waals surface area contributed by atoms with Gasteiger partial charge in [0.15, 0.2) is 0 Å². The van der Waals surface area contributed by atoms with Gasteiger partial charge < -0.3 is 0 Å². The molecule has 0 aliphatic carbocycles. The van der Waals surface area contributed by atoms with Gasteiger partial charge in [-0.3, -0.25) is 0 Å². The second kappa shape index (κ2) is 11.2. The van der Waals surface area contributed by atoms with Crippen molar-refractivity contribution in [3.63, 3.8) is 0 Å². The second-order valence-electron chi connectivity index (χ2n) is 7.04. The van der Waals surface area contributed by atoms with Crippen LogP contribution in [0.25, 0.3) is 0 Å². The zero-order valence-corrected chi connectivity index (χ0v) is 19.5. The number of esters is 1. The van der Waals surface area contributed by atoms with Crippen LogP contribution < -0.4 is 15.9 Å². The summed E-state index contributed by atoms with van der Waals surface area (Å²) in [4.78, 5) is 12.4.